The number of nitrogens with zero attached hydrogens (tertiary/aromatic N) is 4. The quantitative estimate of drug-likeness (QED) is 0.732. The molecule has 3 aromatic rings. The third-order valence-corrected chi connectivity index (χ3v) is 5.28. The molecule has 2 aromatic heterocycles. The average Bonchev–Trinajstić information content (AvgIpc) is 3.03. The predicted molar refractivity (Wildman–Crippen MR) is 100 cm³/mol. The number of aryl methyl sites for hydroxylation is 3. The number of fused-ring (bicyclic) bond motifs is 1. The third-order valence-electron chi connectivity index (χ3n) is 5.28. The first kappa shape index (κ1) is 17.3. The summed E-state index contributed by atoms with van der Waals surface area (Å²) in [5, 5.41) is 5.62. The highest BCUT2D eigenvalue weighted by Gasteiger charge is 2.24. The van der Waals surface area contributed by atoms with E-state index < -0.39 is 0 Å². The molecule has 3 rings (SSSR count). The zero-order valence-electron chi connectivity index (χ0n) is 15.9. The molecule has 0 aliphatic rings. The summed E-state index contributed by atoms with van der Waals surface area (Å²) in [5.74, 6) is 0.117. The maximum absolute atomic E-state index is 12.9. The summed E-state index contributed by atoms with van der Waals surface area (Å²) < 4.78 is 3.96. The molecule has 0 aliphatic heterocycles. The first-order valence-electron chi connectivity index (χ1n) is 8.60. The third kappa shape index (κ3) is 2.95. The van der Waals surface area contributed by atoms with E-state index >= 15 is 0 Å². The minimum atomic E-state index is -0.00354. The van der Waals surface area contributed by atoms with Crippen molar-refractivity contribution in [2.45, 2.75) is 33.2 Å². The van der Waals surface area contributed by atoms with Gasteiger partial charge in [-0.1, -0.05) is 18.2 Å². The highest BCUT2D eigenvalue weighted by molar-refractivity contribution is 5.89. The van der Waals surface area contributed by atoms with Gasteiger partial charge in [0.1, 0.15) is 0 Å². The molecule has 1 aromatic carbocycles. The normalized spacial score (nSPS) is 12.6. The van der Waals surface area contributed by atoms with Crippen LogP contribution in [0, 0.1) is 13.8 Å². The maximum Gasteiger partial charge on any atom is 0.227 e. The predicted octanol–water partition coefficient (Wildman–Crippen LogP) is 3.29. The Morgan fingerprint density at radius 3 is 2.56 bits per heavy atom. The van der Waals surface area contributed by atoms with Crippen LogP contribution in [-0.4, -0.2) is 32.2 Å². The number of aromatic nitrogens is 3. The van der Waals surface area contributed by atoms with Gasteiger partial charge in [0.15, 0.2) is 0 Å². The maximum atomic E-state index is 12.9. The van der Waals surface area contributed by atoms with Crippen molar-refractivity contribution in [2.24, 2.45) is 14.1 Å². The topological polar surface area (TPSA) is 43.1 Å². The first-order chi connectivity index (χ1) is 11.8. The van der Waals surface area contributed by atoms with Gasteiger partial charge in [-0.3, -0.25) is 9.48 Å². The van der Waals surface area contributed by atoms with Gasteiger partial charge in [-0.25, -0.2) is 0 Å². The van der Waals surface area contributed by atoms with E-state index in [-0.39, 0.29) is 11.9 Å². The second kappa shape index (κ2) is 6.39. The van der Waals surface area contributed by atoms with E-state index in [4.69, 9.17) is 0 Å². The SMILES string of the molecule is Cc1nn(C)c(C)c1[C@H](C)N(C)C(=O)Cc1cn(C)c2ccccc12. The van der Waals surface area contributed by atoms with E-state index in [9.17, 15) is 4.79 Å². The molecule has 0 aliphatic carbocycles. The highest BCUT2D eigenvalue weighted by atomic mass is 16.2. The van der Waals surface area contributed by atoms with Crippen molar-refractivity contribution in [1.29, 1.82) is 0 Å². The molecule has 0 N–H and O–H groups in total. The van der Waals surface area contributed by atoms with Gasteiger partial charge in [-0.2, -0.15) is 5.10 Å². The van der Waals surface area contributed by atoms with E-state index in [1.165, 1.54) is 0 Å². The Bertz CT molecular complexity index is 935. The van der Waals surface area contributed by atoms with E-state index in [2.05, 4.69) is 41.8 Å². The summed E-state index contributed by atoms with van der Waals surface area (Å²) >= 11 is 0. The van der Waals surface area contributed by atoms with E-state index in [1.54, 1.807) is 0 Å². The van der Waals surface area contributed by atoms with Crippen molar-refractivity contribution in [2.75, 3.05) is 7.05 Å². The Labute approximate surface area is 148 Å². The molecule has 5 nitrogen and oxygen atoms in total. The van der Waals surface area contributed by atoms with Crippen LogP contribution < -0.4 is 0 Å². The van der Waals surface area contributed by atoms with Crippen LogP contribution in [0.15, 0.2) is 30.5 Å². The molecule has 5 heteroatoms. The Morgan fingerprint density at radius 1 is 1.24 bits per heavy atom. The van der Waals surface area contributed by atoms with Gasteiger partial charge in [0.2, 0.25) is 5.91 Å². The fourth-order valence-electron chi connectivity index (χ4n) is 3.66. The highest BCUT2D eigenvalue weighted by Crippen LogP contribution is 2.27. The van der Waals surface area contributed by atoms with Crippen molar-refractivity contribution in [3.63, 3.8) is 0 Å². The number of rotatable bonds is 4. The van der Waals surface area contributed by atoms with Crippen molar-refractivity contribution in [3.05, 3.63) is 53.0 Å². The van der Waals surface area contributed by atoms with E-state index in [1.807, 2.05) is 49.8 Å². The van der Waals surface area contributed by atoms with Crippen LogP contribution in [-0.2, 0) is 25.3 Å². The monoisotopic (exact) mass is 338 g/mol. The zero-order valence-corrected chi connectivity index (χ0v) is 15.9. The van der Waals surface area contributed by atoms with Crippen molar-refractivity contribution >= 4 is 16.8 Å². The lowest BCUT2D eigenvalue weighted by Gasteiger charge is -2.25. The van der Waals surface area contributed by atoms with Crippen molar-refractivity contribution in [1.82, 2.24) is 19.2 Å². The van der Waals surface area contributed by atoms with Gasteiger partial charge < -0.3 is 9.47 Å². The molecular formula is C20H26N4O. The molecule has 0 saturated carbocycles. The minimum absolute atomic E-state index is 0.00354. The Kier molecular flexibility index (Phi) is 4.41. The van der Waals surface area contributed by atoms with Crippen LogP contribution in [0.5, 0.6) is 0 Å². The van der Waals surface area contributed by atoms with Crippen molar-refractivity contribution in [3.8, 4) is 0 Å². The molecule has 1 amide bonds. The number of amides is 1. The van der Waals surface area contributed by atoms with Gasteiger partial charge in [0.05, 0.1) is 18.2 Å². The lowest BCUT2D eigenvalue weighted by Crippen LogP contribution is -2.31. The number of carbonyl (C=O) groups is 1. The summed E-state index contributed by atoms with van der Waals surface area (Å²) in [6.45, 7) is 6.12. The zero-order chi connectivity index (χ0) is 18.3. The lowest BCUT2D eigenvalue weighted by molar-refractivity contribution is -0.131. The molecule has 25 heavy (non-hydrogen) atoms. The molecular weight excluding hydrogens is 312 g/mol. The lowest BCUT2D eigenvalue weighted by atomic mass is 10.0. The Hall–Kier alpha value is -2.56. The van der Waals surface area contributed by atoms with Crippen LogP contribution in [0.1, 0.15) is 35.5 Å². The van der Waals surface area contributed by atoms with Crippen LogP contribution in [0.4, 0.5) is 0 Å². The fraction of sp³-hybridized carbons (Fsp3) is 0.400. The number of benzene rings is 1. The summed E-state index contributed by atoms with van der Waals surface area (Å²) in [6, 6.07) is 8.20. The van der Waals surface area contributed by atoms with Gasteiger partial charge in [0, 0.05) is 49.5 Å². The van der Waals surface area contributed by atoms with Crippen molar-refractivity contribution < 1.29 is 4.79 Å². The number of para-hydroxylation sites is 1. The van der Waals surface area contributed by atoms with E-state index in [0.717, 1.165) is 33.4 Å². The summed E-state index contributed by atoms with van der Waals surface area (Å²) in [4.78, 5) is 14.7. The van der Waals surface area contributed by atoms with Crippen LogP contribution in [0.2, 0.25) is 0 Å². The molecule has 0 fully saturated rings. The molecule has 0 unspecified atom stereocenters. The van der Waals surface area contributed by atoms with Gasteiger partial charge in [-0.05, 0) is 32.4 Å². The Balaban J connectivity index is 1.85. The second-order valence-corrected chi connectivity index (χ2v) is 6.85. The summed E-state index contributed by atoms with van der Waals surface area (Å²) in [7, 11) is 5.84. The Morgan fingerprint density at radius 2 is 1.92 bits per heavy atom. The van der Waals surface area contributed by atoms with Crippen LogP contribution in [0.25, 0.3) is 10.9 Å². The van der Waals surface area contributed by atoms with Crippen LogP contribution >= 0.6 is 0 Å². The molecule has 1 atom stereocenters. The number of hydrogen-bond donors (Lipinski definition) is 0. The van der Waals surface area contributed by atoms with E-state index in [0.29, 0.717) is 6.42 Å². The molecule has 0 saturated heterocycles. The smallest absolute Gasteiger partial charge is 0.227 e. The molecule has 132 valence electrons. The van der Waals surface area contributed by atoms with Crippen LogP contribution in [0.3, 0.4) is 0 Å². The fourth-order valence-corrected chi connectivity index (χ4v) is 3.66. The molecule has 0 radical (unpaired) electrons. The standard InChI is InChI=1S/C20H26N4O/c1-13-20(15(3)24(6)21-13)14(2)23(5)19(25)11-16-12-22(4)18-10-8-7-9-17(16)18/h7-10,12,14H,11H2,1-6H3/t14-/m0/s1. The van der Waals surface area contributed by atoms with Gasteiger partial charge in [-0.15, -0.1) is 0 Å². The minimum Gasteiger partial charge on any atom is -0.350 e. The van der Waals surface area contributed by atoms with Gasteiger partial charge >= 0.3 is 0 Å². The molecule has 2 heterocycles. The second-order valence-electron chi connectivity index (χ2n) is 6.85. The number of hydrogen-bond acceptors (Lipinski definition) is 2. The largest absolute Gasteiger partial charge is 0.350 e. The summed E-state index contributed by atoms with van der Waals surface area (Å²) in [6.07, 6.45) is 2.46. The first-order valence-corrected chi connectivity index (χ1v) is 8.60. The molecule has 0 spiro atoms. The number of carbonyl (C=O) groups excluding carboxylic acids is 1. The number of likely N-dealkylation sites (N-methyl/N-ethyl adjacent to an activating group) is 1. The molecule has 0 bridgehead atoms. The summed E-state index contributed by atoms with van der Waals surface area (Å²) in [5.41, 5.74) is 5.45. The van der Waals surface area contributed by atoms with Gasteiger partial charge in [0.25, 0.3) is 0 Å². The average molecular weight is 338 g/mol.